The highest BCUT2D eigenvalue weighted by molar-refractivity contribution is 5.85. The van der Waals surface area contributed by atoms with Gasteiger partial charge in [0.25, 0.3) is 0 Å². The first-order valence-electron chi connectivity index (χ1n) is 6.04. The number of piperidine rings is 1. The molecule has 4 N–H and O–H groups in total. The Kier molecular flexibility index (Phi) is 5.93. The summed E-state index contributed by atoms with van der Waals surface area (Å²) in [6.45, 7) is 2.77. The average molecular weight is 242 g/mol. The van der Waals surface area contributed by atoms with Crippen molar-refractivity contribution in [3.8, 4) is 0 Å². The Labute approximate surface area is 102 Å². The van der Waals surface area contributed by atoms with Gasteiger partial charge in [-0.2, -0.15) is 0 Å². The van der Waals surface area contributed by atoms with E-state index in [4.69, 9.17) is 5.73 Å². The summed E-state index contributed by atoms with van der Waals surface area (Å²) in [6, 6.07) is 0. The van der Waals surface area contributed by atoms with Crippen molar-refractivity contribution in [2.45, 2.75) is 12.8 Å². The molecular weight excluding hydrogens is 220 g/mol. The number of carbonyl (C=O) groups excluding carboxylic acids is 2. The van der Waals surface area contributed by atoms with Gasteiger partial charge in [-0.25, -0.2) is 0 Å². The van der Waals surface area contributed by atoms with E-state index in [9.17, 15) is 9.59 Å². The zero-order valence-electron chi connectivity index (χ0n) is 10.4. The Morgan fingerprint density at radius 3 is 2.76 bits per heavy atom. The molecular formula is C11H22N4O2. The minimum absolute atomic E-state index is 0.0125. The van der Waals surface area contributed by atoms with Gasteiger partial charge in [0.2, 0.25) is 11.8 Å². The second-order valence-electron chi connectivity index (χ2n) is 4.56. The highest BCUT2D eigenvalue weighted by Gasteiger charge is 2.17. The molecule has 0 aromatic carbocycles. The second kappa shape index (κ2) is 7.24. The summed E-state index contributed by atoms with van der Waals surface area (Å²) in [7, 11) is 2.09. The van der Waals surface area contributed by atoms with Crippen molar-refractivity contribution in [2.75, 3.05) is 39.8 Å². The normalized spacial score (nSPS) is 20.9. The third-order valence-corrected chi connectivity index (χ3v) is 2.94. The summed E-state index contributed by atoms with van der Waals surface area (Å²) >= 11 is 0. The summed E-state index contributed by atoms with van der Waals surface area (Å²) < 4.78 is 0. The van der Waals surface area contributed by atoms with Crippen molar-refractivity contribution in [3.05, 3.63) is 0 Å². The quantitative estimate of drug-likeness (QED) is 0.548. The van der Waals surface area contributed by atoms with E-state index >= 15 is 0 Å². The molecule has 6 nitrogen and oxygen atoms in total. The predicted octanol–water partition coefficient (Wildman–Crippen LogP) is -1.48. The molecule has 1 rings (SSSR count). The van der Waals surface area contributed by atoms with Gasteiger partial charge in [0.15, 0.2) is 0 Å². The lowest BCUT2D eigenvalue weighted by atomic mass is 9.98. The van der Waals surface area contributed by atoms with Crippen molar-refractivity contribution in [3.63, 3.8) is 0 Å². The fraction of sp³-hybridized carbons (Fsp3) is 0.818. The van der Waals surface area contributed by atoms with E-state index in [1.165, 1.54) is 6.42 Å². The minimum Gasteiger partial charge on any atom is -0.354 e. The van der Waals surface area contributed by atoms with Crippen LogP contribution in [0, 0.1) is 5.92 Å². The van der Waals surface area contributed by atoms with Gasteiger partial charge in [-0.1, -0.05) is 0 Å². The highest BCUT2D eigenvalue weighted by atomic mass is 16.2. The molecule has 0 aliphatic carbocycles. The lowest BCUT2D eigenvalue weighted by Gasteiger charge is -2.29. The highest BCUT2D eigenvalue weighted by Crippen LogP contribution is 2.13. The van der Waals surface area contributed by atoms with E-state index in [0.29, 0.717) is 12.5 Å². The molecule has 1 heterocycles. The van der Waals surface area contributed by atoms with Crippen LogP contribution in [-0.4, -0.2) is 56.5 Å². The van der Waals surface area contributed by atoms with Gasteiger partial charge in [0.05, 0.1) is 13.1 Å². The third kappa shape index (κ3) is 5.65. The van der Waals surface area contributed by atoms with Crippen molar-refractivity contribution >= 4 is 11.8 Å². The van der Waals surface area contributed by atoms with Crippen LogP contribution in [0.4, 0.5) is 0 Å². The van der Waals surface area contributed by atoms with Gasteiger partial charge in [-0.15, -0.1) is 0 Å². The SMILES string of the molecule is CN1CCCC(CNC(=O)CNC(=O)CN)C1. The van der Waals surface area contributed by atoms with Crippen LogP contribution in [0.15, 0.2) is 0 Å². The molecule has 98 valence electrons. The maximum absolute atomic E-state index is 11.4. The van der Waals surface area contributed by atoms with Gasteiger partial charge >= 0.3 is 0 Å². The molecule has 6 heteroatoms. The second-order valence-corrected chi connectivity index (χ2v) is 4.56. The summed E-state index contributed by atoms with van der Waals surface area (Å²) in [5.74, 6) is 0.0560. The van der Waals surface area contributed by atoms with Crippen LogP contribution in [0.3, 0.4) is 0 Å². The number of rotatable bonds is 5. The largest absolute Gasteiger partial charge is 0.354 e. The smallest absolute Gasteiger partial charge is 0.239 e. The number of nitrogens with zero attached hydrogens (tertiary/aromatic N) is 1. The average Bonchev–Trinajstić information content (AvgIpc) is 2.33. The summed E-state index contributed by atoms with van der Waals surface area (Å²) in [6.07, 6.45) is 2.33. The molecule has 1 aliphatic heterocycles. The summed E-state index contributed by atoms with van der Waals surface area (Å²) in [4.78, 5) is 24.5. The molecule has 0 aromatic rings. The van der Waals surface area contributed by atoms with Crippen LogP contribution in [0.1, 0.15) is 12.8 Å². The molecule has 0 saturated carbocycles. The molecule has 0 radical (unpaired) electrons. The number of amides is 2. The molecule has 1 aliphatic rings. The number of likely N-dealkylation sites (tertiary alicyclic amines) is 1. The lowest BCUT2D eigenvalue weighted by molar-refractivity contribution is -0.125. The van der Waals surface area contributed by atoms with E-state index in [1.54, 1.807) is 0 Å². The predicted molar refractivity (Wildman–Crippen MR) is 65.3 cm³/mol. The Balaban J connectivity index is 2.12. The Bertz CT molecular complexity index is 270. The van der Waals surface area contributed by atoms with Crippen molar-refractivity contribution < 1.29 is 9.59 Å². The third-order valence-electron chi connectivity index (χ3n) is 2.94. The first kappa shape index (κ1) is 13.9. The standard InChI is InChI=1S/C11H22N4O2/c1-15-4-2-3-9(8-15)6-13-11(17)7-14-10(16)5-12/h9H,2-8,12H2,1H3,(H,13,17)(H,14,16). The van der Waals surface area contributed by atoms with Gasteiger partial charge in [-0.05, 0) is 32.4 Å². The van der Waals surface area contributed by atoms with Crippen LogP contribution >= 0.6 is 0 Å². The Morgan fingerprint density at radius 2 is 2.12 bits per heavy atom. The Hall–Kier alpha value is -1.14. The van der Waals surface area contributed by atoms with Crippen molar-refractivity contribution in [2.24, 2.45) is 11.7 Å². The topological polar surface area (TPSA) is 87.5 Å². The number of nitrogens with one attached hydrogen (secondary N) is 2. The fourth-order valence-electron chi connectivity index (χ4n) is 2.01. The molecule has 0 spiro atoms. The number of carbonyl (C=O) groups is 2. The van der Waals surface area contributed by atoms with E-state index in [2.05, 4.69) is 22.6 Å². The maximum Gasteiger partial charge on any atom is 0.239 e. The van der Waals surface area contributed by atoms with Crippen molar-refractivity contribution in [1.29, 1.82) is 0 Å². The summed E-state index contributed by atoms with van der Waals surface area (Å²) in [5, 5.41) is 5.27. The fourth-order valence-corrected chi connectivity index (χ4v) is 2.01. The van der Waals surface area contributed by atoms with Crippen LogP contribution in [-0.2, 0) is 9.59 Å². The Morgan fingerprint density at radius 1 is 1.35 bits per heavy atom. The molecule has 1 unspecified atom stereocenters. The van der Waals surface area contributed by atoms with Crippen LogP contribution < -0.4 is 16.4 Å². The monoisotopic (exact) mass is 242 g/mol. The van der Waals surface area contributed by atoms with Crippen LogP contribution in [0.25, 0.3) is 0 Å². The van der Waals surface area contributed by atoms with Gasteiger partial charge in [0.1, 0.15) is 0 Å². The first-order valence-corrected chi connectivity index (χ1v) is 6.04. The van der Waals surface area contributed by atoms with Gasteiger partial charge in [0, 0.05) is 13.1 Å². The van der Waals surface area contributed by atoms with E-state index in [1.807, 2.05) is 0 Å². The van der Waals surface area contributed by atoms with Gasteiger partial charge < -0.3 is 21.3 Å². The molecule has 0 bridgehead atoms. The van der Waals surface area contributed by atoms with Crippen molar-refractivity contribution in [1.82, 2.24) is 15.5 Å². The molecule has 1 atom stereocenters. The lowest BCUT2D eigenvalue weighted by Crippen LogP contribution is -2.43. The molecule has 1 saturated heterocycles. The zero-order chi connectivity index (χ0) is 12.7. The zero-order valence-corrected chi connectivity index (χ0v) is 10.4. The van der Waals surface area contributed by atoms with Crippen LogP contribution in [0.2, 0.25) is 0 Å². The van der Waals surface area contributed by atoms with E-state index in [-0.39, 0.29) is 24.9 Å². The summed E-state index contributed by atoms with van der Waals surface area (Å²) in [5.41, 5.74) is 5.12. The van der Waals surface area contributed by atoms with Crippen LogP contribution in [0.5, 0.6) is 0 Å². The van der Waals surface area contributed by atoms with Gasteiger partial charge in [-0.3, -0.25) is 9.59 Å². The maximum atomic E-state index is 11.4. The molecule has 2 amide bonds. The molecule has 1 fully saturated rings. The number of hydrogen-bond donors (Lipinski definition) is 3. The van der Waals surface area contributed by atoms with E-state index in [0.717, 1.165) is 19.5 Å². The first-order chi connectivity index (χ1) is 8.11. The molecule has 0 aromatic heterocycles. The minimum atomic E-state index is -0.308. The number of hydrogen-bond acceptors (Lipinski definition) is 4. The molecule has 17 heavy (non-hydrogen) atoms. The number of nitrogens with two attached hydrogens (primary N) is 1. The van der Waals surface area contributed by atoms with E-state index < -0.39 is 0 Å².